The Morgan fingerprint density at radius 1 is 1.00 bits per heavy atom. The molecule has 11 heteroatoms. The Bertz CT molecular complexity index is 1440. The van der Waals surface area contributed by atoms with Crippen LogP contribution in [-0.4, -0.2) is 60.4 Å². The molecule has 0 aromatic heterocycles. The number of carbonyl (C=O) groups excluding carboxylic acids is 2. The molecule has 1 atom stereocenters. The number of piperazine rings is 1. The van der Waals surface area contributed by atoms with Crippen molar-refractivity contribution in [1.82, 2.24) is 9.80 Å². The number of carbonyl (C=O) groups is 2. The zero-order valence-corrected chi connectivity index (χ0v) is 24.1. The van der Waals surface area contributed by atoms with E-state index in [1.54, 1.807) is 24.3 Å². The van der Waals surface area contributed by atoms with E-state index in [0.29, 0.717) is 32.5 Å². The van der Waals surface area contributed by atoms with Crippen LogP contribution >= 0.6 is 23.2 Å². The second kappa shape index (κ2) is 14.4. The van der Waals surface area contributed by atoms with Crippen LogP contribution in [-0.2, 0) is 9.59 Å². The summed E-state index contributed by atoms with van der Waals surface area (Å²) in [6.45, 7) is 1.96. The van der Waals surface area contributed by atoms with Gasteiger partial charge in [-0.15, -0.1) is 0 Å². The molecule has 1 aliphatic rings. The summed E-state index contributed by atoms with van der Waals surface area (Å²) in [5.41, 5.74) is 8.72. The van der Waals surface area contributed by atoms with Crippen molar-refractivity contribution >= 4 is 46.3 Å². The largest absolute Gasteiger partial charge is 0.368 e. The van der Waals surface area contributed by atoms with Crippen molar-refractivity contribution in [2.75, 3.05) is 38.0 Å². The number of nitrogens with one attached hydrogen (secondary N) is 1. The van der Waals surface area contributed by atoms with Crippen molar-refractivity contribution in [3.8, 4) is 6.07 Å². The summed E-state index contributed by atoms with van der Waals surface area (Å²) in [7, 11) is 0. The normalized spacial score (nSPS) is 15.5. The second-order valence-corrected chi connectivity index (χ2v) is 10.8. The lowest BCUT2D eigenvalue weighted by atomic mass is 9.96. The topological polar surface area (TPSA) is 102 Å². The van der Waals surface area contributed by atoms with E-state index in [9.17, 15) is 18.4 Å². The molecule has 42 heavy (non-hydrogen) atoms. The fourth-order valence-corrected chi connectivity index (χ4v) is 5.48. The number of hydrogen-bond donors (Lipinski definition) is 2. The minimum absolute atomic E-state index is 0.00567. The lowest BCUT2D eigenvalue weighted by Crippen LogP contribution is -2.59. The summed E-state index contributed by atoms with van der Waals surface area (Å²) in [5.74, 6) is -1.52. The molecular weight excluding hydrogens is 583 g/mol. The maximum absolute atomic E-state index is 13.5. The smallest absolute Gasteiger partial charge is 0.238 e. The van der Waals surface area contributed by atoms with Crippen LogP contribution in [0.3, 0.4) is 0 Å². The minimum Gasteiger partial charge on any atom is -0.368 e. The van der Waals surface area contributed by atoms with Gasteiger partial charge in [0.1, 0.15) is 17.7 Å². The standard InChI is InChI=1S/C31H29Cl2F2N5O2/c32-26-15-20(17-36)16-27(33)30(26)38-29(41)19-39-13-14-40(28(18-39)31(37)42)12-2-1-3-25(21-4-8-23(34)9-5-21)22-6-10-24(35)11-7-22/h3-11,15-16,28H,1-2,12-14,18-19H2,(H2,37,42)(H,38,41). The van der Waals surface area contributed by atoms with Gasteiger partial charge in [0.05, 0.1) is 33.9 Å². The maximum Gasteiger partial charge on any atom is 0.238 e. The molecular formula is C31H29Cl2F2N5O2. The molecule has 2 amide bonds. The van der Waals surface area contributed by atoms with E-state index < -0.39 is 11.9 Å². The number of nitrogens with two attached hydrogens (primary N) is 1. The molecule has 0 bridgehead atoms. The van der Waals surface area contributed by atoms with Crippen LogP contribution in [0.4, 0.5) is 14.5 Å². The first-order valence-corrected chi connectivity index (χ1v) is 14.1. The Morgan fingerprint density at radius 2 is 1.57 bits per heavy atom. The number of hydrogen-bond acceptors (Lipinski definition) is 5. The summed E-state index contributed by atoms with van der Waals surface area (Å²) in [6, 6.07) is 16.5. The Balaban J connectivity index is 1.35. The molecule has 1 aliphatic heterocycles. The molecule has 1 unspecified atom stereocenters. The number of nitrogens with zero attached hydrogens (tertiary/aromatic N) is 3. The van der Waals surface area contributed by atoms with Crippen LogP contribution in [0.25, 0.3) is 5.57 Å². The summed E-state index contributed by atoms with van der Waals surface area (Å²) < 4.78 is 27.0. The number of amides is 2. The first-order valence-electron chi connectivity index (χ1n) is 13.3. The predicted molar refractivity (Wildman–Crippen MR) is 160 cm³/mol. The number of allylic oxidation sites excluding steroid dienone is 1. The third kappa shape index (κ3) is 8.14. The van der Waals surface area contributed by atoms with Crippen LogP contribution in [0, 0.1) is 23.0 Å². The quantitative estimate of drug-likeness (QED) is 0.296. The van der Waals surface area contributed by atoms with Gasteiger partial charge in [-0.25, -0.2) is 8.78 Å². The summed E-state index contributed by atoms with van der Waals surface area (Å²) in [5, 5.41) is 12.0. The highest BCUT2D eigenvalue weighted by Crippen LogP contribution is 2.32. The fourth-order valence-electron chi connectivity index (χ4n) is 4.90. The minimum atomic E-state index is -0.578. The zero-order chi connectivity index (χ0) is 30.2. The van der Waals surface area contributed by atoms with Gasteiger partial charge in [0.25, 0.3) is 0 Å². The van der Waals surface area contributed by atoms with Crippen molar-refractivity contribution in [2.24, 2.45) is 5.73 Å². The number of nitriles is 1. The number of rotatable bonds is 10. The van der Waals surface area contributed by atoms with Gasteiger partial charge in [0, 0.05) is 19.6 Å². The number of benzene rings is 3. The summed E-state index contributed by atoms with van der Waals surface area (Å²) in [6.07, 6.45) is 3.40. The average Bonchev–Trinajstić information content (AvgIpc) is 2.96. The molecule has 1 saturated heterocycles. The maximum atomic E-state index is 13.5. The van der Waals surface area contributed by atoms with Gasteiger partial charge in [-0.1, -0.05) is 53.5 Å². The van der Waals surface area contributed by atoms with Crippen molar-refractivity contribution < 1.29 is 18.4 Å². The monoisotopic (exact) mass is 611 g/mol. The van der Waals surface area contributed by atoms with Gasteiger partial charge in [-0.3, -0.25) is 19.4 Å². The van der Waals surface area contributed by atoms with Crippen LogP contribution < -0.4 is 11.1 Å². The average molecular weight is 613 g/mol. The summed E-state index contributed by atoms with van der Waals surface area (Å²) >= 11 is 12.4. The first-order chi connectivity index (χ1) is 20.1. The molecule has 1 fully saturated rings. The molecule has 3 aromatic carbocycles. The number of unbranched alkanes of at least 4 members (excludes halogenated alkanes) is 1. The fraction of sp³-hybridized carbons (Fsp3) is 0.258. The van der Waals surface area contributed by atoms with Gasteiger partial charge < -0.3 is 11.1 Å². The Labute approximate surface area is 253 Å². The highest BCUT2D eigenvalue weighted by atomic mass is 35.5. The number of primary amides is 1. The summed E-state index contributed by atoms with van der Waals surface area (Å²) in [4.78, 5) is 28.9. The van der Waals surface area contributed by atoms with Crippen molar-refractivity contribution in [2.45, 2.75) is 18.9 Å². The van der Waals surface area contributed by atoms with Gasteiger partial charge in [0.2, 0.25) is 11.8 Å². The van der Waals surface area contributed by atoms with E-state index in [4.69, 9.17) is 34.2 Å². The highest BCUT2D eigenvalue weighted by Gasteiger charge is 2.31. The Hall–Kier alpha value is -3.81. The highest BCUT2D eigenvalue weighted by molar-refractivity contribution is 6.40. The van der Waals surface area contributed by atoms with Crippen LogP contribution in [0.15, 0.2) is 66.7 Å². The van der Waals surface area contributed by atoms with Gasteiger partial charge >= 0.3 is 0 Å². The first kappa shape index (κ1) is 31.1. The molecule has 0 saturated carbocycles. The van der Waals surface area contributed by atoms with E-state index >= 15 is 0 Å². The van der Waals surface area contributed by atoms with Crippen molar-refractivity contribution in [3.63, 3.8) is 0 Å². The third-order valence-electron chi connectivity index (χ3n) is 7.01. The van der Waals surface area contributed by atoms with E-state index in [1.807, 2.05) is 21.9 Å². The molecule has 0 aliphatic carbocycles. The Kier molecular flexibility index (Phi) is 10.7. The molecule has 4 rings (SSSR count). The van der Waals surface area contributed by atoms with Crippen molar-refractivity contribution in [3.05, 3.63) is 105 Å². The molecule has 218 valence electrons. The van der Waals surface area contributed by atoms with E-state index in [1.165, 1.54) is 36.4 Å². The van der Waals surface area contributed by atoms with Gasteiger partial charge in [0.15, 0.2) is 0 Å². The molecule has 3 aromatic rings. The van der Waals surface area contributed by atoms with E-state index in [0.717, 1.165) is 16.7 Å². The lowest BCUT2D eigenvalue weighted by molar-refractivity contribution is -0.127. The van der Waals surface area contributed by atoms with Crippen LogP contribution in [0.1, 0.15) is 29.5 Å². The third-order valence-corrected chi connectivity index (χ3v) is 7.61. The number of halogens is 4. The molecule has 0 spiro atoms. The molecule has 3 N–H and O–H groups in total. The second-order valence-electron chi connectivity index (χ2n) is 9.94. The zero-order valence-electron chi connectivity index (χ0n) is 22.6. The molecule has 1 heterocycles. The van der Waals surface area contributed by atoms with E-state index in [2.05, 4.69) is 5.32 Å². The van der Waals surface area contributed by atoms with E-state index in [-0.39, 0.29) is 51.9 Å². The Morgan fingerprint density at radius 3 is 2.10 bits per heavy atom. The SMILES string of the molecule is N#Cc1cc(Cl)c(NC(=O)CN2CCN(CCCC=C(c3ccc(F)cc3)c3ccc(F)cc3)C(C(N)=O)C2)c(Cl)c1. The van der Waals surface area contributed by atoms with Crippen LogP contribution in [0.5, 0.6) is 0 Å². The molecule has 7 nitrogen and oxygen atoms in total. The predicted octanol–water partition coefficient (Wildman–Crippen LogP) is 5.47. The number of anilines is 1. The van der Waals surface area contributed by atoms with Crippen molar-refractivity contribution in [1.29, 1.82) is 5.26 Å². The van der Waals surface area contributed by atoms with Crippen LogP contribution in [0.2, 0.25) is 10.0 Å². The lowest BCUT2D eigenvalue weighted by Gasteiger charge is -2.39. The van der Waals surface area contributed by atoms with Gasteiger partial charge in [-0.2, -0.15) is 5.26 Å². The molecule has 0 radical (unpaired) electrons. The van der Waals surface area contributed by atoms with Gasteiger partial charge in [-0.05, 0) is 72.5 Å².